The van der Waals surface area contributed by atoms with Crippen LogP contribution >= 0.6 is 12.2 Å². The van der Waals surface area contributed by atoms with Crippen molar-refractivity contribution in [3.8, 4) is 0 Å². The first-order chi connectivity index (χ1) is 9.52. The van der Waals surface area contributed by atoms with Crippen molar-refractivity contribution in [3.63, 3.8) is 0 Å². The van der Waals surface area contributed by atoms with Crippen molar-refractivity contribution in [3.05, 3.63) is 29.6 Å². The standard InChI is InChI=1S/C14H17FN2O2S/c1-2-12-9(5-6-19-12)14(18)17-11-4-3-8(15)7-10(11)13(16)20/h3-4,7,9,12H,2,5-6H2,1H3,(H2,16,20)(H,17,18). The highest BCUT2D eigenvalue weighted by Crippen LogP contribution is 2.26. The lowest BCUT2D eigenvalue weighted by molar-refractivity contribution is -0.121. The highest BCUT2D eigenvalue weighted by molar-refractivity contribution is 7.80. The summed E-state index contributed by atoms with van der Waals surface area (Å²) in [6.45, 7) is 2.57. The fraction of sp³-hybridized carbons (Fsp3) is 0.429. The third-order valence-electron chi connectivity index (χ3n) is 3.45. The van der Waals surface area contributed by atoms with Crippen LogP contribution in [0.15, 0.2) is 18.2 Å². The molecule has 1 aliphatic rings. The van der Waals surface area contributed by atoms with Gasteiger partial charge in [0.2, 0.25) is 5.91 Å². The van der Waals surface area contributed by atoms with Crippen LogP contribution in [0.1, 0.15) is 25.3 Å². The summed E-state index contributed by atoms with van der Waals surface area (Å²) in [5, 5.41) is 2.77. The lowest BCUT2D eigenvalue weighted by Crippen LogP contribution is -2.30. The minimum Gasteiger partial charge on any atom is -0.389 e. The summed E-state index contributed by atoms with van der Waals surface area (Å²) in [7, 11) is 0. The van der Waals surface area contributed by atoms with Crippen LogP contribution in [-0.2, 0) is 9.53 Å². The zero-order valence-electron chi connectivity index (χ0n) is 11.2. The van der Waals surface area contributed by atoms with Crippen LogP contribution in [0.3, 0.4) is 0 Å². The summed E-state index contributed by atoms with van der Waals surface area (Å²) in [5.74, 6) is -0.774. The maximum atomic E-state index is 13.2. The third kappa shape index (κ3) is 3.13. The van der Waals surface area contributed by atoms with Gasteiger partial charge in [-0.2, -0.15) is 0 Å². The van der Waals surface area contributed by atoms with Crippen molar-refractivity contribution >= 4 is 28.8 Å². The van der Waals surface area contributed by atoms with Gasteiger partial charge in [0.25, 0.3) is 0 Å². The molecule has 1 saturated heterocycles. The topological polar surface area (TPSA) is 64.3 Å². The highest BCUT2D eigenvalue weighted by Gasteiger charge is 2.33. The largest absolute Gasteiger partial charge is 0.389 e. The van der Waals surface area contributed by atoms with Crippen LogP contribution in [0.4, 0.5) is 10.1 Å². The molecule has 2 unspecified atom stereocenters. The fourth-order valence-electron chi connectivity index (χ4n) is 2.41. The van der Waals surface area contributed by atoms with Crippen LogP contribution in [-0.4, -0.2) is 23.6 Å². The molecule has 1 aromatic carbocycles. The summed E-state index contributed by atoms with van der Waals surface area (Å²) in [4.78, 5) is 12.3. The zero-order valence-corrected chi connectivity index (χ0v) is 12.0. The molecule has 3 N–H and O–H groups in total. The molecule has 1 heterocycles. The third-order valence-corrected chi connectivity index (χ3v) is 3.67. The average Bonchev–Trinajstić information content (AvgIpc) is 2.89. The smallest absolute Gasteiger partial charge is 0.230 e. The maximum Gasteiger partial charge on any atom is 0.230 e. The molecule has 1 aliphatic heterocycles. The molecule has 1 amide bonds. The second-order valence-electron chi connectivity index (χ2n) is 4.76. The van der Waals surface area contributed by atoms with Gasteiger partial charge in [0.1, 0.15) is 10.8 Å². The fourth-order valence-corrected chi connectivity index (χ4v) is 2.57. The summed E-state index contributed by atoms with van der Waals surface area (Å²) in [6.07, 6.45) is 1.40. The van der Waals surface area contributed by atoms with Gasteiger partial charge >= 0.3 is 0 Å². The summed E-state index contributed by atoms with van der Waals surface area (Å²) in [5.41, 5.74) is 6.32. The van der Waals surface area contributed by atoms with Crippen molar-refractivity contribution in [2.45, 2.75) is 25.9 Å². The number of halogens is 1. The van der Waals surface area contributed by atoms with E-state index in [1.165, 1.54) is 18.2 Å². The Hall–Kier alpha value is -1.53. The van der Waals surface area contributed by atoms with E-state index in [9.17, 15) is 9.18 Å². The first-order valence-corrected chi connectivity index (χ1v) is 6.95. The number of ether oxygens (including phenoxy) is 1. The van der Waals surface area contributed by atoms with E-state index in [2.05, 4.69) is 5.32 Å². The van der Waals surface area contributed by atoms with Crippen LogP contribution in [0.25, 0.3) is 0 Å². The number of carbonyl (C=O) groups excluding carboxylic acids is 1. The predicted octanol–water partition coefficient (Wildman–Crippen LogP) is 2.21. The van der Waals surface area contributed by atoms with E-state index in [-0.39, 0.29) is 22.9 Å². The van der Waals surface area contributed by atoms with Gasteiger partial charge in [-0.05, 0) is 31.0 Å². The van der Waals surface area contributed by atoms with Crippen LogP contribution in [0, 0.1) is 11.7 Å². The molecule has 0 radical (unpaired) electrons. The zero-order chi connectivity index (χ0) is 14.7. The summed E-state index contributed by atoms with van der Waals surface area (Å²) >= 11 is 4.88. The Bertz CT molecular complexity index is 536. The molecule has 6 heteroatoms. The van der Waals surface area contributed by atoms with E-state index in [0.717, 1.165) is 6.42 Å². The molecule has 20 heavy (non-hydrogen) atoms. The molecule has 1 fully saturated rings. The molecule has 4 nitrogen and oxygen atoms in total. The van der Waals surface area contributed by atoms with E-state index >= 15 is 0 Å². The first-order valence-electron chi connectivity index (χ1n) is 6.54. The molecule has 0 spiro atoms. The Morgan fingerprint density at radius 3 is 3.00 bits per heavy atom. The van der Waals surface area contributed by atoms with Gasteiger partial charge in [0.05, 0.1) is 17.7 Å². The molecular weight excluding hydrogens is 279 g/mol. The molecule has 2 rings (SSSR count). The normalized spacial score (nSPS) is 21.7. The molecule has 1 aromatic rings. The van der Waals surface area contributed by atoms with Crippen LogP contribution in [0.5, 0.6) is 0 Å². The molecule has 0 saturated carbocycles. The Labute approximate surface area is 122 Å². The van der Waals surface area contributed by atoms with E-state index in [0.29, 0.717) is 24.3 Å². The quantitative estimate of drug-likeness (QED) is 0.836. The van der Waals surface area contributed by atoms with Crippen molar-refractivity contribution in [1.29, 1.82) is 0 Å². The van der Waals surface area contributed by atoms with Gasteiger partial charge in [-0.25, -0.2) is 4.39 Å². The van der Waals surface area contributed by atoms with E-state index in [4.69, 9.17) is 22.7 Å². The number of nitrogens with one attached hydrogen (secondary N) is 1. The Balaban J connectivity index is 2.17. The Kier molecular flexibility index (Phi) is 4.67. The summed E-state index contributed by atoms with van der Waals surface area (Å²) < 4.78 is 18.7. The number of anilines is 1. The van der Waals surface area contributed by atoms with Gasteiger partial charge < -0.3 is 15.8 Å². The average molecular weight is 296 g/mol. The second kappa shape index (κ2) is 6.28. The van der Waals surface area contributed by atoms with E-state index in [1.807, 2.05) is 6.92 Å². The van der Waals surface area contributed by atoms with Gasteiger partial charge in [-0.15, -0.1) is 0 Å². The molecular formula is C14H17FN2O2S. The Morgan fingerprint density at radius 1 is 1.60 bits per heavy atom. The number of hydrogen-bond acceptors (Lipinski definition) is 3. The number of benzene rings is 1. The minimum absolute atomic E-state index is 0.0505. The van der Waals surface area contributed by atoms with Crippen molar-refractivity contribution < 1.29 is 13.9 Å². The number of nitrogens with two attached hydrogens (primary N) is 1. The lowest BCUT2D eigenvalue weighted by Gasteiger charge is -2.17. The van der Waals surface area contributed by atoms with Crippen LogP contribution in [0.2, 0.25) is 0 Å². The highest BCUT2D eigenvalue weighted by atomic mass is 32.1. The SMILES string of the molecule is CCC1OCCC1C(=O)Nc1ccc(F)cc1C(N)=S. The van der Waals surface area contributed by atoms with Gasteiger partial charge in [0, 0.05) is 12.2 Å². The molecule has 108 valence electrons. The van der Waals surface area contributed by atoms with Gasteiger partial charge in [0.15, 0.2) is 0 Å². The molecule has 0 bridgehead atoms. The van der Waals surface area contributed by atoms with E-state index in [1.54, 1.807) is 0 Å². The Morgan fingerprint density at radius 2 is 2.35 bits per heavy atom. The van der Waals surface area contributed by atoms with E-state index < -0.39 is 5.82 Å². The number of thiocarbonyl (C=S) groups is 1. The number of carbonyl (C=O) groups is 1. The molecule has 0 aliphatic carbocycles. The monoisotopic (exact) mass is 296 g/mol. The van der Waals surface area contributed by atoms with Crippen molar-refractivity contribution in [2.75, 3.05) is 11.9 Å². The predicted molar refractivity (Wildman–Crippen MR) is 79.1 cm³/mol. The number of rotatable bonds is 4. The number of hydrogen-bond donors (Lipinski definition) is 2. The molecule has 0 aromatic heterocycles. The van der Waals surface area contributed by atoms with Crippen molar-refractivity contribution in [2.24, 2.45) is 11.7 Å². The molecule has 2 atom stereocenters. The van der Waals surface area contributed by atoms with Crippen LogP contribution < -0.4 is 11.1 Å². The minimum atomic E-state index is -0.443. The second-order valence-corrected chi connectivity index (χ2v) is 5.20. The van der Waals surface area contributed by atoms with Crippen molar-refractivity contribution in [1.82, 2.24) is 0 Å². The lowest BCUT2D eigenvalue weighted by atomic mass is 9.98. The first kappa shape index (κ1) is 14.9. The van der Waals surface area contributed by atoms with Gasteiger partial charge in [-0.1, -0.05) is 19.1 Å². The van der Waals surface area contributed by atoms with Gasteiger partial charge in [-0.3, -0.25) is 4.79 Å². The number of amides is 1. The summed E-state index contributed by atoms with van der Waals surface area (Å²) in [6, 6.07) is 3.96. The maximum absolute atomic E-state index is 13.2.